The summed E-state index contributed by atoms with van der Waals surface area (Å²) in [7, 11) is 1.47. The van der Waals surface area contributed by atoms with Crippen molar-refractivity contribution >= 4 is 57.7 Å². The van der Waals surface area contributed by atoms with Crippen molar-refractivity contribution in [3.8, 4) is 23.0 Å². The second-order valence-electron chi connectivity index (χ2n) is 14.2. The van der Waals surface area contributed by atoms with Crippen LogP contribution < -0.4 is 14.5 Å². The maximum Gasteiger partial charge on any atom is 0.241 e. The van der Waals surface area contributed by atoms with Gasteiger partial charge in [-0.2, -0.15) is 0 Å². The molecule has 0 spiro atoms. The number of benzene rings is 4. The lowest BCUT2D eigenvalue weighted by atomic mass is 9.51. The molecular weight excluding hydrogens is 701 g/mol. The monoisotopic (exact) mass is 731 g/mol. The Balaban J connectivity index is 1.11. The van der Waals surface area contributed by atoms with Gasteiger partial charge in [-0.25, -0.2) is 14.3 Å². The van der Waals surface area contributed by atoms with Crippen LogP contribution in [0.25, 0.3) is 22.6 Å². The third kappa shape index (κ3) is 4.72. The van der Waals surface area contributed by atoms with Crippen molar-refractivity contribution < 1.29 is 37.8 Å². The number of ether oxygens (including phenoxy) is 1. The molecule has 2 aliphatic carbocycles. The van der Waals surface area contributed by atoms with Gasteiger partial charge in [-0.05, 0) is 86.3 Å². The van der Waals surface area contributed by atoms with E-state index in [2.05, 4.69) is 4.98 Å². The standard InChI is InChI=1S/C41H31ClFN3O7/c1-41-28(38(49)46(40(41)51)22-11-16-30(43)29(42)17-22)19-27-24(35(41)25-13-12-23(52-2)18-32(25)47)14-15-26-34(27)39(50)45(37(26)48)21-9-7-20(8-10-21)36-44-31-5-3-4-6-33(31)53-36/h3-14,16-18,26-28,34-35,47H,15,19H2,1-2H3. The summed E-state index contributed by atoms with van der Waals surface area (Å²) in [6, 6.07) is 22.7. The van der Waals surface area contributed by atoms with E-state index >= 15 is 0 Å². The van der Waals surface area contributed by atoms with Gasteiger partial charge < -0.3 is 14.3 Å². The Morgan fingerprint density at radius 2 is 1.66 bits per heavy atom. The molecular formula is C41H31ClFN3O7. The zero-order valence-corrected chi connectivity index (χ0v) is 29.2. The summed E-state index contributed by atoms with van der Waals surface area (Å²) in [5.74, 6) is -5.75. The number of aromatic hydroxyl groups is 1. The molecule has 3 heterocycles. The van der Waals surface area contributed by atoms with E-state index in [1.54, 1.807) is 43.3 Å². The Kier molecular flexibility index (Phi) is 7.40. The van der Waals surface area contributed by atoms with Crippen LogP contribution in [0.4, 0.5) is 15.8 Å². The minimum Gasteiger partial charge on any atom is -0.508 e. The van der Waals surface area contributed by atoms with Gasteiger partial charge in [-0.1, -0.05) is 41.4 Å². The highest BCUT2D eigenvalue weighted by Crippen LogP contribution is 2.64. The average molecular weight is 732 g/mol. The third-order valence-electron chi connectivity index (χ3n) is 11.7. The average Bonchev–Trinajstić information content (AvgIpc) is 3.76. The van der Waals surface area contributed by atoms with Crippen molar-refractivity contribution in [1.82, 2.24) is 4.98 Å². The van der Waals surface area contributed by atoms with Crippen molar-refractivity contribution in [1.29, 1.82) is 0 Å². The predicted octanol–water partition coefficient (Wildman–Crippen LogP) is 7.44. The molecule has 2 aliphatic heterocycles. The minimum absolute atomic E-state index is 0.108. The molecule has 53 heavy (non-hydrogen) atoms. The summed E-state index contributed by atoms with van der Waals surface area (Å²) in [5, 5.41) is 11.2. The van der Waals surface area contributed by atoms with Crippen LogP contribution in [0.1, 0.15) is 31.2 Å². The molecule has 3 fully saturated rings. The van der Waals surface area contributed by atoms with Crippen LogP contribution in [0, 0.1) is 34.9 Å². The first-order chi connectivity index (χ1) is 25.5. The second-order valence-corrected chi connectivity index (χ2v) is 14.6. The van der Waals surface area contributed by atoms with Crippen LogP contribution in [-0.4, -0.2) is 40.8 Å². The van der Waals surface area contributed by atoms with E-state index < -0.39 is 58.5 Å². The maximum atomic E-state index is 14.6. The van der Waals surface area contributed by atoms with E-state index in [4.69, 9.17) is 20.8 Å². The number of para-hydroxylation sites is 2. The number of anilines is 2. The Morgan fingerprint density at radius 1 is 0.906 bits per heavy atom. The second kappa shape index (κ2) is 11.9. The Bertz CT molecular complexity index is 2410. The first-order valence-electron chi connectivity index (χ1n) is 17.3. The number of imide groups is 2. The number of hydrogen-bond donors (Lipinski definition) is 1. The first-order valence-corrected chi connectivity index (χ1v) is 17.6. The lowest BCUT2D eigenvalue weighted by Crippen LogP contribution is -2.48. The lowest BCUT2D eigenvalue weighted by Gasteiger charge is -2.49. The smallest absolute Gasteiger partial charge is 0.241 e. The summed E-state index contributed by atoms with van der Waals surface area (Å²) < 4.78 is 25.4. The topological polar surface area (TPSA) is 130 Å². The van der Waals surface area contributed by atoms with Crippen LogP contribution in [0.15, 0.2) is 101 Å². The van der Waals surface area contributed by atoms with Gasteiger partial charge in [0.05, 0.1) is 46.7 Å². The van der Waals surface area contributed by atoms with Gasteiger partial charge in [0.1, 0.15) is 22.8 Å². The molecule has 0 radical (unpaired) electrons. The van der Waals surface area contributed by atoms with Gasteiger partial charge in [0.15, 0.2) is 5.58 Å². The number of fused-ring (bicyclic) bond motifs is 5. The maximum absolute atomic E-state index is 14.6. The Labute approximate surface area is 307 Å². The molecule has 2 saturated heterocycles. The zero-order valence-electron chi connectivity index (χ0n) is 28.5. The van der Waals surface area contributed by atoms with E-state index in [-0.39, 0.29) is 35.2 Å². The number of halogens is 2. The molecule has 10 nitrogen and oxygen atoms in total. The van der Waals surface area contributed by atoms with Crippen LogP contribution in [0.3, 0.4) is 0 Å². The zero-order chi connectivity index (χ0) is 36.9. The summed E-state index contributed by atoms with van der Waals surface area (Å²) in [6.07, 6.45) is 2.24. The number of oxazole rings is 1. The molecule has 9 rings (SSSR count). The van der Waals surface area contributed by atoms with Gasteiger partial charge >= 0.3 is 0 Å². The van der Waals surface area contributed by atoms with E-state index in [1.807, 2.05) is 30.3 Å². The van der Waals surface area contributed by atoms with E-state index in [9.17, 15) is 28.7 Å². The molecule has 0 bridgehead atoms. The van der Waals surface area contributed by atoms with Crippen LogP contribution in [0.5, 0.6) is 11.5 Å². The SMILES string of the molecule is COc1ccc(C2C3=CCC4C(=O)N(c5ccc(-c6nc7ccccc7o6)cc5)C(=O)C4C3CC3C(=O)N(c4ccc(F)c(Cl)c4)C(=O)C32C)c(O)c1. The quantitative estimate of drug-likeness (QED) is 0.146. The van der Waals surface area contributed by atoms with Gasteiger partial charge in [0, 0.05) is 23.1 Å². The molecule has 266 valence electrons. The highest BCUT2D eigenvalue weighted by molar-refractivity contribution is 6.32. The number of carbonyl (C=O) groups excluding carboxylic acids is 4. The Morgan fingerprint density at radius 3 is 2.38 bits per heavy atom. The van der Waals surface area contributed by atoms with Crippen LogP contribution in [-0.2, 0) is 19.2 Å². The molecule has 4 aromatic carbocycles. The number of carbonyl (C=O) groups is 4. The highest BCUT2D eigenvalue weighted by atomic mass is 35.5. The number of phenols is 1. The molecule has 1 N–H and O–H groups in total. The molecule has 4 amide bonds. The number of hydrogen-bond acceptors (Lipinski definition) is 8. The fourth-order valence-corrected chi connectivity index (χ4v) is 9.30. The number of methoxy groups -OCH3 is 1. The van der Waals surface area contributed by atoms with Gasteiger partial charge in [0.25, 0.3) is 0 Å². The molecule has 6 atom stereocenters. The molecule has 1 saturated carbocycles. The van der Waals surface area contributed by atoms with Crippen molar-refractivity contribution in [2.24, 2.45) is 29.1 Å². The van der Waals surface area contributed by atoms with Gasteiger partial charge in [-0.15, -0.1) is 0 Å². The number of phenolic OH excluding ortho intramolecular Hbond substituents is 1. The number of aromatic nitrogens is 1. The lowest BCUT2D eigenvalue weighted by molar-refractivity contribution is -0.131. The van der Waals surface area contributed by atoms with Crippen molar-refractivity contribution in [2.75, 3.05) is 16.9 Å². The number of nitrogens with zero attached hydrogens (tertiary/aromatic N) is 3. The van der Waals surface area contributed by atoms with Gasteiger partial charge in [-0.3, -0.25) is 24.1 Å². The number of amides is 4. The fourth-order valence-electron chi connectivity index (χ4n) is 9.13. The summed E-state index contributed by atoms with van der Waals surface area (Å²) in [6.45, 7) is 1.70. The fraction of sp³-hybridized carbons (Fsp3) is 0.244. The largest absolute Gasteiger partial charge is 0.508 e. The van der Waals surface area contributed by atoms with E-state index in [1.165, 1.54) is 30.2 Å². The minimum atomic E-state index is -1.41. The van der Waals surface area contributed by atoms with Crippen molar-refractivity contribution in [3.63, 3.8) is 0 Å². The van der Waals surface area contributed by atoms with Crippen molar-refractivity contribution in [3.05, 3.63) is 113 Å². The van der Waals surface area contributed by atoms with Gasteiger partial charge in [0.2, 0.25) is 29.5 Å². The number of rotatable bonds is 5. The molecule has 12 heteroatoms. The van der Waals surface area contributed by atoms with Crippen molar-refractivity contribution in [2.45, 2.75) is 25.7 Å². The predicted molar refractivity (Wildman–Crippen MR) is 193 cm³/mol. The van der Waals surface area contributed by atoms with E-state index in [0.717, 1.165) is 11.0 Å². The normalized spacial score (nSPS) is 26.5. The third-order valence-corrected chi connectivity index (χ3v) is 11.9. The molecule has 6 unspecified atom stereocenters. The highest BCUT2D eigenvalue weighted by Gasteiger charge is 2.68. The Hall–Kier alpha value is -5.81. The summed E-state index contributed by atoms with van der Waals surface area (Å²) in [4.78, 5) is 64.4. The van der Waals surface area contributed by atoms with Crippen LogP contribution >= 0.6 is 11.6 Å². The first kappa shape index (κ1) is 33.1. The summed E-state index contributed by atoms with van der Waals surface area (Å²) in [5.41, 5.74) is 2.22. The molecule has 4 aliphatic rings. The summed E-state index contributed by atoms with van der Waals surface area (Å²) >= 11 is 6.10. The van der Waals surface area contributed by atoms with E-state index in [0.29, 0.717) is 45.1 Å². The molecule has 1 aromatic heterocycles. The molecule has 5 aromatic rings. The van der Waals surface area contributed by atoms with Crippen LogP contribution in [0.2, 0.25) is 5.02 Å². The number of allylic oxidation sites excluding steroid dienone is 2.